The molecule has 33 heavy (non-hydrogen) atoms. The van der Waals surface area contributed by atoms with Crippen molar-refractivity contribution >= 4 is 5.97 Å². The van der Waals surface area contributed by atoms with Crippen molar-refractivity contribution in [2.24, 2.45) is 52.3 Å². The Kier molecular flexibility index (Phi) is 7.60. The molecule has 0 radical (unpaired) electrons. The molecule has 0 bridgehead atoms. The lowest BCUT2D eigenvalue weighted by molar-refractivity contribution is -0.170. The standard InChI is InChI=1S/C30H52O3/c1-19(2)8-7-9-20(3)25-12-13-26-24-11-10-22-18-23(33-28(32)21(4)31)14-16-29(22,5)27(24)15-17-30(25,26)6/h19-27,31H,7-18H2,1-6H3/t20-,21-,22+,23+,24+,25-,26+,27+,29+,30-/m1/s1. The molecular weight excluding hydrogens is 408 g/mol. The molecule has 4 fully saturated rings. The third-order valence-electron chi connectivity index (χ3n) is 11.4. The summed E-state index contributed by atoms with van der Waals surface area (Å²) in [4.78, 5) is 12.0. The average Bonchev–Trinajstić information content (AvgIpc) is 3.11. The lowest BCUT2D eigenvalue weighted by Crippen LogP contribution is -2.54. The van der Waals surface area contributed by atoms with E-state index in [9.17, 15) is 9.90 Å². The first-order chi connectivity index (χ1) is 15.6. The van der Waals surface area contributed by atoms with Gasteiger partial charge in [0.25, 0.3) is 0 Å². The molecule has 0 spiro atoms. The van der Waals surface area contributed by atoms with E-state index >= 15 is 0 Å². The van der Waals surface area contributed by atoms with Gasteiger partial charge in [0, 0.05) is 0 Å². The van der Waals surface area contributed by atoms with Crippen LogP contribution < -0.4 is 0 Å². The minimum absolute atomic E-state index is 0.0122. The number of ether oxygens (including phenoxy) is 1. The van der Waals surface area contributed by atoms with Gasteiger partial charge in [-0.05, 0) is 117 Å². The maximum atomic E-state index is 12.0. The molecule has 0 aromatic carbocycles. The fourth-order valence-electron chi connectivity index (χ4n) is 9.61. The Morgan fingerprint density at radius 2 is 1.61 bits per heavy atom. The van der Waals surface area contributed by atoms with Crippen LogP contribution in [0.15, 0.2) is 0 Å². The Hall–Kier alpha value is -0.570. The Morgan fingerprint density at radius 3 is 2.30 bits per heavy atom. The zero-order chi connectivity index (χ0) is 24.0. The molecule has 4 aliphatic carbocycles. The van der Waals surface area contributed by atoms with Crippen LogP contribution in [-0.4, -0.2) is 23.3 Å². The largest absolute Gasteiger partial charge is 0.460 e. The Morgan fingerprint density at radius 1 is 0.909 bits per heavy atom. The first-order valence-corrected chi connectivity index (χ1v) is 14.4. The van der Waals surface area contributed by atoms with Gasteiger partial charge in [-0.1, -0.05) is 53.9 Å². The average molecular weight is 461 g/mol. The summed E-state index contributed by atoms with van der Waals surface area (Å²) in [6.45, 7) is 14.1. The van der Waals surface area contributed by atoms with Crippen molar-refractivity contribution in [1.29, 1.82) is 0 Å². The van der Waals surface area contributed by atoms with Gasteiger partial charge in [0.15, 0.2) is 0 Å². The van der Waals surface area contributed by atoms with Crippen molar-refractivity contribution in [2.75, 3.05) is 0 Å². The monoisotopic (exact) mass is 460 g/mol. The fourth-order valence-corrected chi connectivity index (χ4v) is 9.61. The first-order valence-electron chi connectivity index (χ1n) is 14.4. The molecule has 0 amide bonds. The van der Waals surface area contributed by atoms with Gasteiger partial charge in [-0.25, -0.2) is 4.79 Å². The highest BCUT2D eigenvalue weighted by Gasteiger charge is 2.60. The molecule has 4 saturated carbocycles. The molecular formula is C30H52O3. The minimum Gasteiger partial charge on any atom is -0.460 e. The van der Waals surface area contributed by atoms with Crippen LogP contribution in [-0.2, 0) is 9.53 Å². The van der Waals surface area contributed by atoms with Crippen LogP contribution in [0.25, 0.3) is 0 Å². The quantitative estimate of drug-likeness (QED) is 0.403. The number of fused-ring (bicyclic) bond motifs is 5. The predicted molar refractivity (Wildman–Crippen MR) is 135 cm³/mol. The van der Waals surface area contributed by atoms with Crippen molar-refractivity contribution < 1.29 is 14.6 Å². The summed E-state index contributed by atoms with van der Waals surface area (Å²) in [7, 11) is 0. The summed E-state index contributed by atoms with van der Waals surface area (Å²) >= 11 is 0. The van der Waals surface area contributed by atoms with Gasteiger partial charge in [-0.2, -0.15) is 0 Å². The molecule has 10 atom stereocenters. The molecule has 4 rings (SSSR count). The van der Waals surface area contributed by atoms with Crippen LogP contribution >= 0.6 is 0 Å². The Balaban J connectivity index is 1.41. The van der Waals surface area contributed by atoms with E-state index in [1.165, 1.54) is 71.1 Å². The summed E-state index contributed by atoms with van der Waals surface area (Å²) in [6, 6.07) is 0. The number of carbonyl (C=O) groups excluding carboxylic acids is 1. The smallest absolute Gasteiger partial charge is 0.334 e. The fraction of sp³-hybridized carbons (Fsp3) is 0.967. The molecule has 0 heterocycles. The van der Waals surface area contributed by atoms with E-state index in [-0.39, 0.29) is 6.10 Å². The normalized spacial score (nSPS) is 44.5. The molecule has 3 nitrogen and oxygen atoms in total. The van der Waals surface area contributed by atoms with E-state index in [1.54, 1.807) is 0 Å². The molecule has 190 valence electrons. The summed E-state index contributed by atoms with van der Waals surface area (Å²) in [5, 5.41) is 9.56. The molecule has 0 aliphatic heterocycles. The van der Waals surface area contributed by atoms with E-state index in [1.807, 2.05) is 0 Å². The molecule has 1 N–H and O–H groups in total. The maximum absolute atomic E-state index is 12.0. The van der Waals surface area contributed by atoms with Crippen molar-refractivity contribution in [1.82, 2.24) is 0 Å². The van der Waals surface area contributed by atoms with Crippen molar-refractivity contribution in [2.45, 2.75) is 131 Å². The van der Waals surface area contributed by atoms with Gasteiger partial charge in [-0.15, -0.1) is 0 Å². The summed E-state index contributed by atoms with van der Waals surface area (Å²) < 4.78 is 5.67. The minimum atomic E-state index is -1.01. The van der Waals surface area contributed by atoms with Gasteiger partial charge >= 0.3 is 5.97 Å². The highest BCUT2D eigenvalue weighted by molar-refractivity contribution is 5.74. The van der Waals surface area contributed by atoms with Gasteiger partial charge in [0.1, 0.15) is 12.2 Å². The summed E-state index contributed by atoms with van der Waals surface area (Å²) in [6.07, 6.45) is 14.9. The second kappa shape index (κ2) is 9.82. The van der Waals surface area contributed by atoms with Gasteiger partial charge < -0.3 is 9.84 Å². The van der Waals surface area contributed by atoms with Crippen molar-refractivity contribution in [3.8, 4) is 0 Å². The van der Waals surface area contributed by atoms with E-state index in [0.717, 1.165) is 48.3 Å². The van der Waals surface area contributed by atoms with Gasteiger partial charge in [0.2, 0.25) is 0 Å². The zero-order valence-corrected chi connectivity index (χ0v) is 22.4. The number of carbonyl (C=O) groups is 1. The van der Waals surface area contributed by atoms with E-state index < -0.39 is 12.1 Å². The Bertz CT molecular complexity index is 686. The number of aliphatic hydroxyl groups excluding tert-OH is 1. The molecule has 0 saturated heterocycles. The topological polar surface area (TPSA) is 46.5 Å². The lowest BCUT2D eigenvalue weighted by atomic mass is 9.44. The van der Waals surface area contributed by atoms with E-state index in [4.69, 9.17) is 4.74 Å². The number of aliphatic hydroxyl groups is 1. The second-order valence-corrected chi connectivity index (χ2v) is 13.7. The summed E-state index contributed by atoms with van der Waals surface area (Å²) in [5.74, 6) is 5.57. The highest BCUT2D eigenvalue weighted by Crippen LogP contribution is 2.68. The molecule has 4 aliphatic rings. The Labute approximate surface area is 203 Å². The second-order valence-electron chi connectivity index (χ2n) is 13.7. The van der Waals surface area contributed by atoms with E-state index in [0.29, 0.717) is 16.7 Å². The lowest BCUT2D eigenvalue weighted by Gasteiger charge is -2.61. The van der Waals surface area contributed by atoms with Crippen LogP contribution in [0.1, 0.15) is 119 Å². The molecule has 3 heteroatoms. The number of hydrogen-bond donors (Lipinski definition) is 1. The first kappa shape index (κ1) is 25.5. The van der Waals surface area contributed by atoms with Crippen molar-refractivity contribution in [3.05, 3.63) is 0 Å². The van der Waals surface area contributed by atoms with Gasteiger partial charge in [0.05, 0.1) is 0 Å². The number of rotatable bonds is 7. The van der Waals surface area contributed by atoms with Crippen molar-refractivity contribution in [3.63, 3.8) is 0 Å². The third-order valence-corrected chi connectivity index (χ3v) is 11.4. The van der Waals surface area contributed by atoms with E-state index in [2.05, 4.69) is 34.6 Å². The van der Waals surface area contributed by atoms with Crippen LogP contribution in [0.5, 0.6) is 0 Å². The molecule has 0 aromatic heterocycles. The number of hydrogen-bond acceptors (Lipinski definition) is 3. The van der Waals surface area contributed by atoms with Crippen LogP contribution in [0.2, 0.25) is 0 Å². The van der Waals surface area contributed by atoms with Crippen LogP contribution in [0, 0.1) is 52.3 Å². The SMILES string of the molecule is CC(C)CCC[C@@H](C)[C@H]1CC[C@H]2[C@@H]3CC[C@H]4C[C@@H](OC(=O)[C@@H](C)O)CC[C@]4(C)[C@H]3CC[C@]12C. The number of esters is 1. The van der Waals surface area contributed by atoms with Crippen LogP contribution in [0.3, 0.4) is 0 Å². The maximum Gasteiger partial charge on any atom is 0.334 e. The highest BCUT2D eigenvalue weighted by atomic mass is 16.6. The third kappa shape index (κ3) is 4.78. The zero-order valence-electron chi connectivity index (χ0n) is 22.4. The van der Waals surface area contributed by atoms with Gasteiger partial charge in [-0.3, -0.25) is 0 Å². The summed E-state index contributed by atoms with van der Waals surface area (Å²) in [5.41, 5.74) is 0.977. The molecule has 0 unspecified atom stereocenters. The molecule has 0 aromatic rings. The predicted octanol–water partition coefficient (Wildman–Crippen LogP) is 7.40. The van der Waals surface area contributed by atoms with Crippen LogP contribution in [0.4, 0.5) is 0 Å².